The van der Waals surface area contributed by atoms with Gasteiger partial charge >= 0.3 is 0 Å². The van der Waals surface area contributed by atoms with Gasteiger partial charge in [-0.25, -0.2) is 4.98 Å². The van der Waals surface area contributed by atoms with Gasteiger partial charge in [-0.15, -0.1) is 0 Å². The zero-order valence-electron chi connectivity index (χ0n) is 16.5. The highest BCUT2D eigenvalue weighted by atomic mass is 16.1. The maximum absolute atomic E-state index is 12.6. The Morgan fingerprint density at radius 1 is 1.10 bits per heavy atom. The molecule has 0 saturated heterocycles. The highest BCUT2D eigenvalue weighted by Gasteiger charge is 2.17. The van der Waals surface area contributed by atoms with E-state index in [0.717, 1.165) is 28.9 Å². The number of fused-ring (bicyclic) bond motifs is 2. The Kier molecular flexibility index (Phi) is 5.12. The molecule has 0 fully saturated rings. The van der Waals surface area contributed by atoms with Crippen molar-refractivity contribution in [1.29, 1.82) is 0 Å². The van der Waals surface area contributed by atoms with Gasteiger partial charge in [0.15, 0.2) is 0 Å². The molecule has 0 spiro atoms. The van der Waals surface area contributed by atoms with Crippen LogP contribution in [-0.2, 0) is 17.9 Å². The summed E-state index contributed by atoms with van der Waals surface area (Å²) in [5.74, 6) is 0.755. The van der Waals surface area contributed by atoms with Crippen molar-refractivity contribution in [1.82, 2.24) is 24.6 Å². The summed E-state index contributed by atoms with van der Waals surface area (Å²) >= 11 is 0. The van der Waals surface area contributed by atoms with E-state index in [4.69, 9.17) is 4.98 Å². The van der Waals surface area contributed by atoms with E-state index in [2.05, 4.69) is 21.9 Å². The van der Waals surface area contributed by atoms with Gasteiger partial charge in [0.1, 0.15) is 5.82 Å². The fourth-order valence-corrected chi connectivity index (χ4v) is 3.68. The molecular formula is C22H23N5O2. The highest BCUT2D eigenvalue weighted by molar-refractivity contribution is 5.79. The summed E-state index contributed by atoms with van der Waals surface area (Å²) in [7, 11) is 0. The molecule has 0 saturated carbocycles. The van der Waals surface area contributed by atoms with Crippen LogP contribution in [0.25, 0.3) is 21.9 Å². The van der Waals surface area contributed by atoms with Crippen molar-refractivity contribution in [2.45, 2.75) is 39.4 Å². The Morgan fingerprint density at radius 3 is 2.62 bits per heavy atom. The maximum Gasteiger partial charge on any atom is 0.222 e. The molecule has 1 amide bonds. The lowest BCUT2D eigenvalue weighted by Gasteiger charge is -2.16. The predicted octanol–water partition coefficient (Wildman–Crippen LogP) is 3.03. The molecule has 0 radical (unpaired) electrons. The molecule has 0 aliphatic carbocycles. The minimum absolute atomic E-state index is 0.0863. The smallest absolute Gasteiger partial charge is 0.222 e. The summed E-state index contributed by atoms with van der Waals surface area (Å²) in [4.78, 5) is 29.2. The zero-order chi connectivity index (χ0) is 20.4. The SMILES string of the molecule is CCn1c(C(C)NC(=O)CCn2ncc(=O)c3ccccc32)nc2ccccc21. The molecule has 1 N–H and O–H groups in total. The number of hydrogen-bond donors (Lipinski definition) is 1. The first-order valence-corrected chi connectivity index (χ1v) is 9.78. The van der Waals surface area contributed by atoms with Gasteiger partial charge in [0.25, 0.3) is 0 Å². The second kappa shape index (κ2) is 7.87. The number of para-hydroxylation sites is 3. The molecule has 0 bridgehead atoms. The second-order valence-corrected chi connectivity index (χ2v) is 6.99. The van der Waals surface area contributed by atoms with Gasteiger partial charge in [-0.3, -0.25) is 14.3 Å². The average molecular weight is 389 g/mol. The van der Waals surface area contributed by atoms with Crippen molar-refractivity contribution in [3.8, 4) is 0 Å². The van der Waals surface area contributed by atoms with Gasteiger partial charge in [-0.1, -0.05) is 24.3 Å². The molecule has 148 valence electrons. The molecule has 0 aliphatic rings. The van der Waals surface area contributed by atoms with Crippen LogP contribution >= 0.6 is 0 Å². The number of carbonyl (C=O) groups excluding carboxylic acids is 1. The van der Waals surface area contributed by atoms with E-state index < -0.39 is 0 Å². The Balaban J connectivity index is 1.48. The van der Waals surface area contributed by atoms with E-state index in [1.54, 1.807) is 10.7 Å². The molecule has 7 nitrogen and oxygen atoms in total. The van der Waals surface area contributed by atoms with Gasteiger partial charge in [-0.2, -0.15) is 5.10 Å². The molecule has 1 atom stereocenters. The van der Waals surface area contributed by atoms with Crippen LogP contribution in [-0.4, -0.2) is 25.2 Å². The number of aromatic nitrogens is 4. The Morgan fingerprint density at radius 2 is 1.83 bits per heavy atom. The van der Waals surface area contributed by atoms with E-state index in [1.165, 1.54) is 6.20 Å². The fraction of sp³-hybridized carbons (Fsp3) is 0.273. The van der Waals surface area contributed by atoms with Crippen molar-refractivity contribution in [2.24, 2.45) is 0 Å². The number of nitrogens with one attached hydrogen (secondary N) is 1. The summed E-state index contributed by atoms with van der Waals surface area (Å²) in [6, 6.07) is 15.0. The van der Waals surface area contributed by atoms with E-state index in [0.29, 0.717) is 11.9 Å². The lowest BCUT2D eigenvalue weighted by molar-refractivity contribution is -0.122. The number of aryl methyl sites for hydroxylation is 2. The molecule has 2 aromatic heterocycles. The topological polar surface area (TPSA) is 81.8 Å². The van der Waals surface area contributed by atoms with E-state index >= 15 is 0 Å². The molecule has 0 aliphatic heterocycles. The summed E-state index contributed by atoms with van der Waals surface area (Å²) < 4.78 is 3.82. The van der Waals surface area contributed by atoms with Gasteiger partial charge in [-0.05, 0) is 38.1 Å². The molecule has 7 heteroatoms. The zero-order valence-corrected chi connectivity index (χ0v) is 16.5. The van der Waals surface area contributed by atoms with Crippen molar-refractivity contribution in [3.05, 3.63) is 70.8 Å². The number of benzene rings is 2. The Labute approximate surface area is 168 Å². The van der Waals surface area contributed by atoms with Crippen molar-refractivity contribution >= 4 is 27.8 Å². The Bertz CT molecular complexity index is 1240. The molecule has 1 unspecified atom stereocenters. The molecule has 4 rings (SSSR count). The van der Waals surface area contributed by atoms with Crippen LogP contribution in [0, 0.1) is 0 Å². The molecule has 4 aromatic rings. The monoisotopic (exact) mass is 389 g/mol. The van der Waals surface area contributed by atoms with Crippen molar-refractivity contribution < 1.29 is 4.79 Å². The van der Waals surface area contributed by atoms with Crippen LogP contribution in [0.2, 0.25) is 0 Å². The van der Waals surface area contributed by atoms with Crippen molar-refractivity contribution in [3.63, 3.8) is 0 Å². The van der Waals surface area contributed by atoms with Gasteiger partial charge < -0.3 is 9.88 Å². The first-order chi connectivity index (χ1) is 14.1. The van der Waals surface area contributed by atoms with Gasteiger partial charge in [0, 0.05) is 18.4 Å². The predicted molar refractivity (Wildman–Crippen MR) is 113 cm³/mol. The minimum atomic E-state index is -0.214. The summed E-state index contributed by atoms with van der Waals surface area (Å²) in [6.45, 7) is 5.18. The average Bonchev–Trinajstić information content (AvgIpc) is 3.12. The lowest BCUT2D eigenvalue weighted by Crippen LogP contribution is -2.29. The summed E-state index contributed by atoms with van der Waals surface area (Å²) in [5, 5.41) is 7.82. The summed E-state index contributed by atoms with van der Waals surface area (Å²) in [5.41, 5.74) is 2.60. The number of rotatable bonds is 6. The number of imidazole rings is 1. The number of nitrogens with zero attached hydrogens (tertiary/aromatic N) is 4. The van der Waals surface area contributed by atoms with Crippen LogP contribution in [0.15, 0.2) is 59.5 Å². The molecule has 2 heterocycles. The number of carbonyl (C=O) groups is 1. The van der Waals surface area contributed by atoms with E-state index in [1.807, 2.05) is 49.4 Å². The first kappa shape index (κ1) is 18.9. The van der Waals surface area contributed by atoms with Crippen LogP contribution in [0.1, 0.15) is 32.1 Å². The Hall–Kier alpha value is -3.48. The fourth-order valence-electron chi connectivity index (χ4n) is 3.68. The lowest BCUT2D eigenvalue weighted by atomic mass is 10.2. The normalized spacial score (nSPS) is 12.3. The van der Waals surface area contributed by atoms with Gasteiger partial charge in [0.2, 0.25) is 11.3 Å². The minimum Gasteiger partial charge on any atom is -0.346 e. The maximum atomic E-state index is 12.6. The molecule has 29 heavy (non-hydrogen) atoms. The van der Waals surface area contributed by atoms with Crippen molar-refractivity contribution in [2.75, 3.05) is 0 Å². The van der Waals surface area contributed by atoms with E-state index in [9.17, 15) is 9.59 Å². The van der Waals surface area contributed by atoms with Gasteiger partial charge in [0.05, 0.1) is 35.3 Å². The van der Waals surface area contributed by atoms with Crippen LogP contribution < -0.4 is 10.7 Å². The van der Waals surface area contributed by atoms with Crippen LogP contribution in [0.3, 0.4) is 0 Å². The number of amides is 1. The molecule has 2 aromatic carbocycles. The van der Waals surface area contributed by atoms with Crippen LogP contribution in [0.5, 0.6) is 0 Å². The second-order valence-electron chi connectivity index (χ2n) is 6.99. The first-order valence-electron chi connectivity index (χ1n) is 9.78. The summed E-state index contributed by atoms with van der Waals surface area (Å²) in [6.07, 6.45) is 1.56. The third-order valence-electron chi connectivity index (χ3n) is 5.08. The largest absolute Gasteiger partial charge is 0.346 e. The number of hydrogen-bond acceptors (Lipinski definition) is 4. The highest BCUT2D eigenvalue weighted by Crippen LogP contribution is 2.20. The molecular weight excluding hydrogens is 366 g/mol. The van der Waals surface area contributed by atoms with Crippen LogP contribution in [0.4, 0.5) is 0 Å². The third-order valence-corrected chi connectivity index (χ3v) is 5.08. The van der Waals surface area contributed by atoms with E-state index in [-0.39, 0.29) is 23.8 Å². The standard InChI is InChI=1S/C22H23N5O2/c1-3-26-19-11-7-5-9-17(19)25-22(26)15(2)24-21(29)12-13-27-18-10-6-4-8-16(18)20(28)14-23-27/h4-11,14-15H,3,12-13H2,1-2H3,(H,24,29). The quantitative estimate of drug-likeness (QED) is 0.550. The third kappa shape index (κ3) is 3.63.